The van der Waals surface area contributed by atoms with E-state index in [1.54, 1.807) is 18.2 Å². The quantitative estimate of drug-likeness (QED) is 0.523. The third-order valence-corrected chi connectivity index (χ3v) is 4.83. The predicted octanol–water partition coefficient (Wildman–Crippen LogP) is 2.29. The fourth-order valence-corrected chi connectivity index (χ4v) is 3.33. The molecule has 0 saturated heterocycles. The Morgan fingerprint density at radius 3 is 2.62 bits per heavy atom. The molecule has 0 saturated carbocycles. The Labute approximate surface area is 166 Å². The van der Waals surface area contributed by atoms with Crippen LogP contribution in [0.25, 0.3) is 16.6 Å². The minimum atomic E-state index is -0.461. The van der Waals surface area contributed by atoms with Crippen LogP contribution in [0.1, 0.15) is 33.9 Å². The number of carbonyl (C=O) groups excluding carboxylic acids is 2. The smallest absolute Gasteiger partial charge is 0.273 e. The number of rotatable bonds is 4. The molecule has 146 valence electrons. The molecule has 0 aliphatic heterocycles. The van der Waals surface area contributed by atoms with Gasteiger partial charge in [0.25, 0.3) is 5.91 Å². The van der Waals surface area contributed by atoms with Crippen molar-refractivity contribution in [1.29, 1.82) is 0 Å². The average molecular weight is 388 g/mol. The summed E-state index contributed by atoms with van der Waals surface area (Å²) in [6.07, 6.45) is 2.21. The number of benzene rings is 1. The molecule has 2 N–H and O–H groups in total. The molecule has 0 aliphatic rings. The molecule has 8 nitrogen and oxygen atoms in total. The fraction of sp³-hybridized carbons (Fsp3) is 0.190. The van der Waals surface area contributed by atoms with Crippen LogP contribution in [0.5, 0.6) is 0 Å². The number of hydrogen-bond donors (Lipinski definition) is 2. The van der Waals surface area contributed by atoms with Crippen LogP contribution in [0.3, 0.4) is 0 Å². The maximum atomic E-state index is 12.2. The Kier molecular flexibility index (Phi) is 4.90. The van der Waals surface area contributed by atoms with Crippen LogP contribution in [0, 0.1) is 13.8 Å². The lowest BCUT2D eigenvalue weighted by atomic mass is 10.1. The van der Waals surface area contributed by atoms with E-state index in [1.807, 2.05) is 42.6 Å². The van der Waals surface area contributed by atoms with Crippen molar-refractivity contribution in [3.8, 4) is 0 Å². The van der Waals surface area contributed by atoms with E-state index in [9.17, 15) is 9.59 Å². The van der Waals surface area contributed by atoms with Crippen molar-refractivity contribution in [3.05, 3.63) is 71.3 Å². The van der Waals surface area contributed by atoms with E-state index in [0.717, 1.165) is 33.5 Å². The van der Waals surface area contributed by atoms with Crippen LogP contribution in [0.2, 0.25) is 0 Å². The third kappa shape index (κ3) is 3.64. The van der Waals surface area contributed by atoms with E-state index >= 15 is 0 Å². The molecule has 0 aliphatic carbocycles. The summed E-state index contributed by atoms with van der Waals surface area (Å²) < 4.78 is 1.83. The van der Waals surface area contributed by atoms with Gasteiger partial charge in [0.1, 0.15) is 5.69 Å². The molecule has 29 heavy (non-hydrogen) atoms. The van der Waals surface area contributed by atoms with Gasteiger partial charge in [-0.3, -0.25) is 25.4 Å². The van der Waals surface area contributed by atoms with E-state index in [1.165, 1.54) is 6.20 Å². The maximum Gasteiger partial charge on any atom is 0.288 e. The van der Waals surface area contributed by atoms with Crippen LogP contribution in [0.15, 0.2) is 48.7 Å². The second kappa shape index (κ2) is 7.67. The van der Waals surface area contributed by atoms with Gasteiger partial charge in [-0.1, -0.05) is 18.2 Å². The van der Waals surface area contributed by atoms with Crippen molar-refractivity contribution in [2.45, 2.75) is 26.7 Å². The molecule has 3 heterocycles. The highest BCUT2D eigenvalue weighted by Crippen LogP contribution is 2.22. The topological polar surface area (TPSA) is 101 Å². The fourth-order valence-electron chi connectivity index (χ4n) is 3.33. The molecule has 0 spiro atoms. The Balaban J connectivity index is 1.46. The zero-order valence-corrected chi connectivity index (χ0v) is 16.1. The predicted molar refractivity (Wildman–Crippen MR) is 108 cm³/mol. The molecule has 3 aromatic heterocycles. The van der Waals surface area contributed by atoms with Gasteiger partial charge in [-0.25, -0.2) is 9.50 Å². The summed E-state index contributed by atoms with van der Waals surface area (Å²) >= 11 is 0. The van der Waals surface area contributed by atoms with Crippen LogP contribution in [-0.4, -0.2) is 31.4 Å². The van der Waals surface area contributed by atoms with Crippen LogP contribution < -0.4 is 10.9 Å². The summed E-state index contributed by atoms with van der Waals surface area (Å²) in [5.74, 6) is -0.753. The molecule has 1 aromatic carbocycles. The van der Waals surface area contributed by atoms with Crippen molar-refractivity contribution in [3.63, 3.8) is 0 Å². The number of nitrogens with zero attached hydrogens (tertiary/aromatic N) is 4. The van der Waals surface area contributed by atoms with Gasteiger partial charge < -0.3 is 0 Å². The van der Waals surface area contributed by atoms with Gasteiger partial charge in [0.15, 0.2) is 5.65 Å². The molecule has 2 amide bonds. The molecular weight excluding hydrogens is 368 g/mol. The van der Waals surface area contributed by atoms with E-state index in [4.69, 9.17) is 4.98 Å². The maximum absolute atomic E-state index is 12.2. The summed E-state index contributed by atoms with van der Waals surface area (Å²) in [5, 5.41) is 5.63. The third-order valence-electron chi connectivity index (χ3n) is 4.83. The van der Waals surface area contributed by atoms with Gasteiger partial charge in [0, 0.05) is 29.4 Å². The summed E-state index contributed by atoms with van der Waals surface area (Å²) in [7, 11) is 0. The SMILES string of the molecule is Cc1nc2c3ccccc3nn2c(C)c1CCC(=O)NNC(=O)c1ccccn1. The van der Waals surface area contributed by atoms with Crippen molar-refractivity contribution < 1.29 is 9.59 Å². The second-order valence-corrected chi connectivity index (χ2v) is 6.73. The molecule has 0 radical (unpaired) electrons. The summed E-state index contributed by atoms with van der Waals surface area (Å²) in [5.41, 5.74) is 9.52. The van der Waals surface area contributed by atoms with Gasteiger partial charge in [-0.15, -0.1) is 0 Å². The monoisotopic (exact) mass is 388 g/mol. The summed E-state index contributed by atoms with van der Waals surface area (Å²) in [6, 6.07) is 12.9. The lowest BCUT2D eigenvalue weighted by Gasteiger charge is -2.11. The van der Waals surface area contributed by atoms with Gasteiger partial charge >= 0.3 is 0 Å². The first-order chi connectivity index (χ1) is 14.0. The minimum Gasteiger partial charge on any atom is -0.273 e. The van der Waals surface area contributed by atoms with Gasteiger partial charge in [-0.2, -0.15) is 5.10 Å². The van der Waals surface area contributed by atoms with E-state index < -0.39 is 5.91 Å². The lowest BCUT2D eigenvalue weighted by Crippen LogP contribution is -2.42. The number of aromatic nitrogens is 4. The summed E-state index contributed by atoms with van der Waals surface area (Å²) in [4.78, 5) is 32.8. The molecule has 0 unspecified atom stereocenters. The van der Waals surface area contributed by atoms with Crippen molar-refractivity contribution in [2.75, 3.05) is 0 Å². The molecule has 4 aromatic rings. The lowest BCUT2D eigenvalue weighted by molar-refractivity contribution is -0.121. The van der Waals surface area contributed by atoms with Gasteiger partial charge in [0.2, 0.25) is 5.91 Å². The first-order valence-corrected chi connectivity index (χ1v) is 9.28. The number of aryl methyl sites for hydroxylation is 2. The van der Waals surface area contributed by atoms with Crippen molar-refractivity contribution >= 4 is 28.4 Å². The largest absolute Gasteiger partial charge is 0.288 e. The highest BCUT2D eigenvalue weighted by atomic mass is 16.2. The normalized spacial score (nSPS) is 11.0. The molecular formula is C21H20N6O2. The number of nitrogens with one attached hydrogen (secondary N) is 2. The van der Waals surface area contributed by atoms with Gasteiger partial charge in [0.05, 0.1) is 5.52 Å². The molecule has 0 fully saturated rings. The molecule has 8 heteroatoms. The zero-order chi connectivity index (χ0) is 20.4. The summed E-state index contributed by atoms with van der Waals surface area (Å²) in [6.45, 7) is 3.91. The average Bonchev–Trinajstić information content (AvgIpc) is 3.11. The Morgan fingerprint density at radius 1 is 1.03 bits per heavy atom. The van der Waals surface area contributed by atoms with E-state index in [2.05, 4.69) is 20.9 Å². The molecule has 4 rings (SSSR count). The van der Waals surface area contributed by atoms with Crippen LogP contribution in [0.4, 0.5) is 0 Å². The molecule has 0 bridgehead atoms. The minimum absolute atomic E-state index is 0.207. The highest BCUT2D eigenvalue weighted by Gasteiger charge is 2.15. The Bertz CT molecular complexity index is 1220. The van der Waals surface area contributed by atoms with E-state index in [0.29, 0.717) is 6.42 Å². The van der Waals surface area contributed by atoms with Crippen molar-refractivity contribution in [2.24, 2.45) is 0 Å². The zero-order valence-electron chi connectivity index (χ0n) is 16.1. The number of amides is 2. The van der Waals surface area contributed by atoms with Crippen molar-refractivity contribution in [1.82, 2.24) is 30.4 Å². The molecule has 0 atom stereocenters. The number of pyridine rings is 1. The Morgan fingerprint density at radius 2 is 1.83 bits per heavy atom. The van der Waals surface area contributed by atoms with Crippen LogP contribution in [-0.2, 0) is 11.2 Å². The first-order valence-electron chi connectivity index (χ1n) is 9.28. The standard InChI is InChI=1S/C21H20N6O2/c1-13-15(10-11-19(28)24-25-21(29)18-9-5-6-12-22-18)14(2)27-20(23-13)16-7-3-4-8-17(16)26-27/h3-9,12H,10-11H2,1-2H3,(H,24,28)(H,25,29). The van der Waals surface area contributed by atoms with Gasteiger partial charge in [-0.05, 0) is 50.1 Å². The second-order valence-electron chi connectivity index (χ2n) is 6.73. The number of carbonyl (C=O) groups is 2. The number of hydrogen-bond acceptors (Lipinski definition) is 5. The Hall–Kier alpha value is -3.81. The first kappa shape index (κ1) is 18.5. The highest BCUT2D eigenvalue weighted by molar-refractivity contribution is 5.93. The number of fused-ring (bicyclic) bond motifs is 3. The number of hydrazine groups is 1. The van der Waals surface area contributed by atoms with E-state index in [-0.39, 0.29) is 18.0 Å². The van der Waals surface area contributed by atoms with Crippen LogP contribution >= 0.6 is 0 Å².